The third-order valence-corrected chi connectivity index (χ3v) is 4.85. The van der Waals surface area contributed by atoms with Gasteiger partial charge in [-0.25, -0.2) is 4.39 Å². The minimum absolute atomic E-state index is 0.186. The number of nitrogens with one attached hydrogen (secondary N) is 1. The van der Waals surface area contributed by atoms with Gasteiger partial charge in [0.05, 0.1) is 17.4 Å². The lowest BCUT2D eigenvalue weighted by molar-refractivity contribution is 0.0937. The van der Waals surface area contributed by atoms with E-state index in [2.05, 4.69) is 15.5 Å². The first-order valence-corrected chi connectivity index (χ1v) is 9.09. The molecule has 3 rings (SSSR count). The first kappa shape index (κ1) is 18.1. The summed E-state index contributed by atoms with van der Waals surface area (Å²) in [4.78, 5) is 17.7. The van der Waals surface area contributed by atoms with Crippen molar-refractivity contribution in [3.8, 4) is 0 Å². The van der Waals surface area contributed by atoms with Crippen LogP contribution in [-0.2, 0) is 5.75 Å². The van der Waals surface area contributed by atoms with Gasteiger partial charge in [0, 0.05) is 11.8 Å². The minimum Gasteiger partial charge on any atom is -0.345 e. The molecule has 7 heteroatoms. The molecule has 0 aliphatic carbocycles. The van der Waals surface area contributed by atoms with Gasteiger partial charge in [-0.05, 0) is 36.8 Å². The van der Waals surface area contributed by atoms with E-state index in [0.717, 1.165) is 10.5 Å². The maximum absolute atomic E-state index is 13.0. The predicted molar refractivity (Wildman–Crippen MR) is 97.3 cm³/mol. The van der Waals surface area contributed by atoms with Crippen molar-refractivity contribution in [2.24, 2.45) is 0 Å². The van der Waals surface area contributed by atoms with Crippen LogP contribution in [0.15, 0.2) is 57.9 Å². The van der Waals surface area contributed by atoms with E-state index >= 15 is 0 Å². The largest absolute Gasteiger partial charge is 0.345 e. The SMILES string of the molecule is Cc1nc(CSc2ccccc2C(=O)NC(C)c2ccc(F)cc2)no1. The molecule has 1 amide bonds. The molecule has 1 N–H and O–H groups in total. The minimum atomic E-state index is -0.300. The van der Waals surface area contributed by atoms with Gasteiger partial charge in [0.1, 0.15) is 5.82 Å². The van der Waals surface area contributed by atoms with Crippen molar-refractivity contribution in [2.75, 3.05) is 0 Å². The van der Waals surface area contributed by atoms with Crippen LogP contribution in [-0.4, -0.2) is 16.0 Å². The number of benzene rings is 2. The second-order valence-corrected chi connectivity index (χ2v) is 6.78. The zero-order valence-corrected chi connectivity index (χ0v) is 15.2. The summed E-state index contributed by atoms with van der Waals surface area (Å²) < 4.78 is 18.0. The van der Waals surface area contributed by atoms with E-state index < -0.39 is 0 Å². The van der Waals surface area contributed by atoms with Gasteiger partial charge in [-0.2, -0.15) is 4.98 Å². The Hall–Kier alpha value is -2.67. The van der Waals surface area contributed by atoms with E-state index in [1.54, 1.807) is 25.1 Å². The summed E-state index contributed by atoms with van der Waals surface area (Å²) in [5.74, 6) is 1.12. The first-order valence-electron chi connectivity index (χ1n) is 8.10. The van der Waals surface area contributed by atoms with Gasteiger partial charge >= 0.3 is 0 Å². The van der Waals surface area contributed by atoms with Crippen LogP contribution >= 0.6 is 11.8 Å². The molecule has 2 aromatic carbocycles. The van der Waals surface area contributed by atoms with Crippen LogP contribution in [0.1, 0.15) is 40.6 Å². The Labute approximate surface area is 155 Å². The van der Waals surface area contributed by atoms with Gasteiger partial charge < -0.3 is 9.84 Å². The summed E-state index contributed by atoms with van der Waals surface area (Å²) in [5, 5.41) is 6.81. The second-order valence-electron chi connectivity index (χ2n) is 5.76. The van der Waals surface area contributed by atoms with Crippen LogP contribution in [0.3, 0.4) is 0 Å². The summed E-state index contributed by atoms with van der Waals surface area (Å²) in [5.41, 5.74) is 1.42. The monoisotopic (exact) mass is 371 g/mol. The molecule has 0 aliphatic rings. The number of hydrogen-bond donors (Lipinski definition) is 1. The molecule has 0 radical (unpaired) electrons. The van der Waals surface area contributed by atoms with Crippen LogP contribution in [0.2, 0.25) is 0 Å². The highest BCUT2D eigenvalue weighted by Crippen LogP contribution is 2.26. The van der Waals surface area contributed by atoms with Crippen molar-refractivity contribution in [1.82, 2.24) is 15.5 Å². The zero-order valence-electron chi connectivity index (χ0n) is 14.4. The van der Waals surface area contributed by atoms with Crippen LogP contribution in [0.25, 0.3) is 0 Å². The van der Waals surface area contributed by atoms with Crippen molar-refractivity contribution in [3.05, 3.63) is 77.2 Å². The van der Waals surface area contributed by atoms with Crippen LogP contribution in [0.4, 0.5) is 4.39 Å². The van der Waals surface area contributed by atoms with Gasteiger partial charge in [0.25, 0.3) is 5.91 Å². The predicted octanol–water partition coefficient (Wildman–Crippen LogP) is 4.30. The normalized spacial score (nSPS) is 12.0. The highest BCUT2D eigenvalue weighted by molar-refractivity contribution is 7.98. The molecule has 1 atom stereocenters. The molecule has 0 bridgehead atoms. The quantitative estimate of drug-likeness (QED) is 0.654. The number of hydrogen-bond acceptors (Lipinski definition) is 5. The molecule has 0 fully saturated rings. The van der Waals surface area contributed by atoms with E-state index in [1.165, 1.54) is 23.9 Å². The Morgan fingerprint density at radius 2 is 1.96 bits per heavy atom. The number of thioether (sulfide) groups is 1. The van der Waals surface area contributed by atoms with Crippen LogP contribution < -0.4 is 5.32 Å². The molecule has 26 heavy (non-hydrogen) atoms. The van der Waals surface area contributed by atoms with Crippen molar-refractivity contribution in [1.29, 1.82) is 0 Å². The van der Waals surface area contributed by atoms with Crippen molar-refractivity contribution in [2.45, 2.75) is 30.5 Å². The molecule has 3 aromatic rings. The lowest BCUT2D eigenvalue weighted by Gasteiger charge is -2.16. The number of nitrogens with zero attached hydrogens (tertiary/aromatic N) is 2. The van der Waals surface area contributed by atoms with Gasteiger partial charge in [-0.1, -0.05) is 29.4 Å². The smallest absolute Gasteiger partial charge is 0.252 e. The van der Waals surface area contributed by atoms with E-state index in [1.807, 2.05) is 25.1 Å². The summed E-state index contributed by atoms with van der Waals surface area (Å²) in [6, 6.07) is 13.2. The Morgan fingerprint density at radius 1 is 1.23 bits per heavy atom. The second kappa shape index (κ2) is 8.14. The average molecular weight is 371 g/mol. The van der Waals surface area contributed by atoms with Crippen molar-refractivity contribution >= 4 is 17.7 Å². The number of carbonyl (C=O) groups is 1. The fourth-order valence-electron chi connectivity index (χ4n) is 2.43. The topological polar surface area (TPSA) is 68.0 Å². The molecule has 0 spiro atoms. The number of rotatable bonds is 6. The first-order chi connectivity index (χ1) is 12.5. The standard InChI is InChI=1S/C19H18FN3O2S/c1-12(14-7-9-15(20)10-8-14)21-19(24)16-5-3-4-6-17(16)26-11-18-22-13(2)25-23-18/h3-10,12H,11H2,1-2H3,(H,21,24). The van der Waals surface area contributed by atoms with Crippen LogP contribution in [0.5, 0.6) is 0 Å². The molecule has 1 unspecified atom stereocenters. The highest BCUT2D eigenvalue weighted by Gasteiger charge is 2.15. The van der Waals surface area contributed by atoms with Gasteiger partial charge in [0.15, 0.2) is 5.82 Å². The molecule has 1 aromatic heterocycles. The van der Waals surface area contributed by atoms with Gasteiger partial charge in [-0.15, -0.1) is 11.8 Å². The molecule has 1 heterocycles. The molecule has 0 aliphatic heterocycles. The zero-order chi connectivity index (χ0) is 18.5. The number of aromatic nitrogens is 2. The van der Waals surface area contributed by atoms with Crippen molar-refractivity contribution < 1.29 is 13.7 Å². The lowest BCUT2D eigenvalue weighted by atomic mass is 10.1. The molecule has 134 valence electrons. The Bertz CT molecular complexity index is 896. The van der Waals surface area contributed by atoms with E-state index in [9.17, 15) is 9.18 Å². The maximum atomic E-state index is 13.0. The number of aryl methyl sites for hydroxylation is 1. The number of halogens is 1. The van der Waals surface area contributed by atoms with Gasteiger partial charge in [0.2, 0.25) is 5.89 Å². The summed E-state index contributed by atoms with van der Waals surface area (Å²) in [6.45, 7) is 3.60. The van der Waals surface area contributed by atoms with E-state index in [-0.39, 0.29) is 17.8 Å². The average Bonchev–Trinajstić information content (AvgIpc) is 3.06. The Balaban J connectivity index is 1.69. The molecular weight excluding hydrogens is 353 g/mol. The fraction of sp³-hybridized carbons (Fsp3) is 0.211. The van der Waals surface area contributed by atoms with Gasteiger partial charge in [-0.3, -0.25) is 4.79 Å². The Kier molecular flexibility index (Phi) is 5.68. The Morgan fingerprint density at radius 3 is 2.65 bits per heavy atom. The van der Waals surface area contributed by atoms with E-state index in [4.69, 9.17) is 4.52 Å². The number of amides is 1. The summed E-state index contributed by atoms with van der Waals surface area (Å²) >= 11 is 1.47. The number of carbonyl (C=O) groups excluding carboxylic acids is 1. The fourth-order valence-corrected chi connectivity index (χ4v) is 3.32. The third kappa shape index (κ3) is 4.49. The third-order valence-electron chi connectivity index (χ3n) is 3.78. The molecule has 5 nitrogen and oxygen atoms in total. The van der Waals surface area contributed by atoms with Crippen molar-refractivity contribution in [3.63, 3.8) is 0 Å². The summed E-state index contributed by atoms with van der Waals surface area (Å²) in [6.07, 6.45) is 0. The summed E-state index contributed by atoms with van der Waals surface area (Å²) in [7, 11) is 0. The maximum Gasteiger partial charge on any atom is 0.252 e. The molecule has 0 saturated heterocycles. The molecule has 0 saturated carbocycles. The molecular formula is C19H18FN3O2S. The van der Waals surface area contributed by atoms with Crippen LogP contribution in [0, 0.1) is 12.7 Å². The highest BCUT2D eigenvalue weighted by atomic mass is 32.2. The van der Waals surface area contributed by atoms with E-state index in [0.29, 0.717) is 23.0 Å². The lowest BCUT2D eigenvalue weighted by Crippen LogP contribution is -2.27.